The highest BCUT2D eigenvalue weighted by atomic mass is 16.1. The predicted molar refractivity (Wildman–Crippen MR) is 38.1 cm³/mol. The molecule has 0 aliphatic heterocycles. The van der Waals surface area contributed by atoms with E-state index in [0.717, 1.165) is 0 Å². The van der Waals surface area contributed by atoms with E-state index in [2.05, 4.69) is 0 Å². The molecule has 0 aromatic rings. The van der Waals surface area contributed by atoms with Crippen molar-refractivity contribution in [1.82, 2.24) is 0 Å². The second-order valence-corrected chi connectivity index (χ2v) is 2.59. The quantitative estimate of drug-likeness (QED) is 0.616. The Hall–Kier alpha value is -0.370. The first-order valence-corrected chi connectivity index (χ1v) is 3.37. The number of hydrogen-bond donors (Lipinski definition) is 1. The molecule has 0 amide bonds. The highest BCUT2D eigenvalue weighted by Gasteiger charge is 2.13. The Balaban J connectivity index is 3.72. The predicted octanol–water partition coefficient (Wildman–Crippen LogP) is 0.949. The van der Waals surface area contributed by atoms with Crippen molar-refractivity contribution in [3.8, 4) is 0 Å². The highest BCUT2D eigenvalue weighted by Crippen LogP contribution is 2.00. The van der Waals surface area contributed by atoms with Gasteiger partial charge in [0.05, 0.1) is 6.04 Å². The van der Waals surface area contributed by atoms with Gasteiger partial charge in [0.2, 0.25) is 0 Å². The van der Waals surface area contributed by atoms with Crippen molar-refractivity contribution in [2.75, 3.05) is 0 Å². The van der Waals surface area contributed by atoms with Crippen LogP contribution < -0.4 is 5.73 Å². The molecule has 0 aromatic carbocycles. The van der Waals surface area contributed by atoms with Crippen LogP contribution in [0, 0.1) is 5.92 Å². The van der Waals surface area contributed by atoms with Gasteiger partial charge in [0.15, 0.2) is 0 Å². The van der Waals surface area contributed by atoms with Crippen molar-refractivity contribution in [1.29, 1.82) is 0 Å². The van der Waals surface area contributed by atoms with Gasteiger partial charge in [-0.25, -0.2) is 0 Å². The van der Waals surface area contributed by atoms with Gasteiger partial charge in [-0.1, -0.05) is 20.8 Å². The molecule has 0 saturated heterocycles. The number of Topliss-reactive ketones (excluding diaryl/α,β-unsaturated/α-hetero) is 1. The Labute approximate surface area is 56.4 Å². The third-order valence-corrected chi connectivity index (χ3v) is 1.44. The molecule has 2 N–H and O–H groups in total. The van der Waals surface area contributed by atoms with E-state index >= 15 is 0 Å². The van der Waals surface area contributed by atoms with E-state index in [0.29, 0.717) is 6.42 Å². The first-order valence-electron chi connectivity index (χ1n) is 3.37. The molecule has 0 fully saturated rings. The molecule has 0 rings (SSSR count). The van der Waals surface area contributed by atoms with Crippen LogP contribution in [0.25, 0.3) is 0 Å². The number of ketones is 1. The van der Waals surface area contributed by atoms with E-state index in [-0.39, 0.29) is 17.7 Å². The fraction of sp³-hybridized carbons (Fsp3) is 0.857. The van der Waals surface area contributed by atoms with Gasteiger partial charge >= 0.3 is 0 Å². The Morgan fingerprint density at radius 1 is 1.56 bits per heavy atom. The summed E-state index contributed by atoms with van der Waals surface area (Å²) in [6.07, 6.45) is 0.555. The maximum absolute atomic E-state index is 10.8. The molecule has 0 aromatic heterocycles. The van der Waals surface area contributed by atoms with Crippen LogP contribution in [0.1, 0.15) is 27.2 Å². The largest absolute Gasteiger partial charge is 0.321 e. The summed E-state index contributed by atoms with van der Waals surface area (Å²) in [6.45, 7) is 5.75. The van der Waals surface area contributed by atoms with Gasteiger partial charge in [-0.15, -0.1) is 0 Å². The molecule has 0 bridgehead atoms. The molecule has 54 valence electrons. The number of carbonyl (C=O) groups is 1. The van der Waals surface area contributed by atoms with Crippen LogP contribution in [-0.4, -0.2) is 11.8 Å². The normalized spacial score (nSPS) is 13.9. The zero-order valence-electron chi connectivity index (χ0n) is 6.35. The smallest absolute Gasteiger partial charge is 0.149 e. The fourth-order valence-corrected chi connectivity index (χ4v) is 0.607. The Morgan fingerprint density at radius 2 is 2.00 bits per heavy atom. The number of hydrogen-bond acceptors (Lipinski definition) is 2. The van der Waals surface area contributed by atoms with Gasteiger partial charge < -0.3 is 5.73 Å². The minimum atomic E-state index is -0.255. The minimum absolute atomic E-state index is 0.157. The Bertz CT molecular complexity index is 99.1. The molecule has 0 radical (unpaired) electrons. The second-order valence-electron chi connectivity index (χ2n) is 2.59. The molecule has 2 nitrogen and oxygen atoms in total. The van der Waals surface area contributed by atoms with Crippen LogP contribution >= 0.6 is 0 Å². The van der Waals surface area contributed by atoms with Crippen molar-refractivity contribution in [3.63, 3.8) is 0 Å². The second kappa shape index (κ2) is 3.62. The molecule has 0 spiro atoms. The van der Waals surface area contributed by atoms with Crippen molar-refractivity contribution >= 4 is 5.78 Å². The zero-order valence-corrected chi connectivity index (χ0v) is 6.35. The lowest BCUT2D eigenvalue weighted by atomic mass is 10.00. The van der Waals surface area contributed by atoms with Gasteiger partial charge in [-0.2, -0.15) is 0 Å². The Morgan fingerprint density at radius 3 is 2.11 bits per heavy atom. The number of nitrogens with two attached hydrogens (primary N) is 1. The highest BCUT2D eigenvalue weighted by molar-refractivity contribution is 5.83. The standard InChI is InChI=1S/C7H15NO/c1-4-6(9)7(8)5(2)3/h5,7H,4,8H2,1-3H3. The average Bonchev–Trinajstić information content (AvgIpc) is 1.84. The van der Waals surface area contributed by atoms with Crippen LogP contribution in [0.3, 0.4) is 0 Å². The van der Waals surface area contributed by atoms with Crippen LogP contribution in [0.2, 0.25) is 0 Å². The van der Waals surface area contributed by atoms with Crippen LogP contribution in [0.15, 0.2) is 0 Å². The molecule has 1 atom stereocenters. The topological polar surface area (TPSA) is 43.1 Å². The molecule has 0 saturated carbocycles. The lowest BCUT2D eigenvalue weighted by molar-refractivity contribution is -0.120. The van der Waals surface area contributed by atoms with Gasteiger partial charge in [0.25, 0.3) is 0 Å². The van der Waals surface area contributed by atoms with E-state index in [9.17, 15) is 4.79 Å². The third-order valence-electron chi connectivity index (χ3n) is 1.44. The molecular formula is C7H15NO. The molecule has 1 unspecified atom stereocenters. The summed E-state index contributed by atoms with van der Waals surface area (Å²) in [6, 6.07) is -0.255. The first kappa shape index (κ1) is 8.63. The number of rotatable bonds is 3. The maximum Gasteiger partial charge on any atom is 0.149 e. The van der Waals surface area contributed by atoms with E-state index in [1.807, 2.05) is 20.8 Å². The van der Waals surface area contributed by atoms with Crippen molar-refractivity contribution < 1.29 is 4.79 Å². The van der Waals surface area contributed by atoms with Gasteiger partial charge in [0.1, 0.15) is 5.78 Å². The van der Waals surface area contributed by atoms with Crippen molar-refractivity contribution in [2.24, 2.45) is 11.7 Å². The lowest BCUT2D eigenvalue weighted by Crippen LogP contribution is -2.34. The van der Waals surface area contributed by atoms with Crippen molar-refractivity contribution in [2.45, 2.75) is 33.2 Å². The zero-order chi connectivity index (χ0) is 7.44. The summed E-state index contributed by atoms with van der Waals surface area (Å²) in [5.74, 6) is 0.433. The first-order chi connectivity index (χ1) is 4.09. The van der Waals surface area contributed by atoms with E-state index in [4.69, 9.17) is 5.73 Å². The van der Waals surface area contributed by atoms with Gasteiger partial charge in [-0.3, -0.25) is 4.79 Å². The monoisotopic (exact) mass is 129 g/mol. The summed E-state index contributed by atoms with van der Waals surface area (Å²) < 4.78 is 0. The van der Waals surface area contributed by atoms with Crippen LogP contribution in [0.5, 0.6) is 0 Å². The van der Waals surface area contributed by atoms with Gasteiger partial charge in [-0.05, 0) is 5.92 Å². The van der Waals surface area contributed by atoms with E-state index < -0.39 is 0 Å². The van der Waals surface area contributed by atoms with E-state index in [1.165, 1.54) is 0 Å². The molecule has 0 aliphatic rings. The summed E-state index contributed by atoms with van der Waals surface area (Å²) >= 11 is 0. The Kier molecular flexibility index (Phi) is 3.47. The molecule has 9 heavy (non-hydrogen) atoms. The average molecular weight is 129 g/mol. The minimum Gasteiger partial charge on any atom is -0.321 e. The summed E-state index contributed by atoms with van der Waals surface area (Å²) in [5.41, 5.74) is 5.52. The van der Waals surface area contributed by atoms with Crippen LogP contribution in [-0.2, 0) is 4.79 Å². The van der Waals surface area contributed by atoms with Gasteiger partial charge in [0, 0.05) is 6.42 Å². The maximum atomic E-state index is 10.8. The fourth-order valence-electron chi connectivity index (χ4n) is 0.607. The summed E-state index contributed by atoms with van der Waals surface area (Å²) in [5, 5.41) is 0. The third kappa shape index (κ3) is 2.61. The SMILES string of the molecule is CCC(=O)C(N)C(C)C. The molecule has 0 heterocycles. The lowest BCUT2D eigenvalue weighted by Gasteiger charge is -2.11. The number of carbonyl (C=O) groups excluding carboxylic acids is 1. The van der Waals surface area contributed by atoms with Crippen LogP contribution in [0.4, 0.5) is 0 Å². The van der Waals surface area contributed by atoms with E-state index in [1.54, 1.807) is 0 Å². The van der Waals surface area contributed by atoms with Crippen molar-refractivity contribution in [3.05, 3.63) is 0 Å². The molecule has 0 aliphatic carbocycles. The molecule has 2 heteroatoms. The summed E-state index contributed by atoms with van der Waals surface area (Å²) in [4.78, 5) is 10.8. The summed E-state index contributed by atoms with van der Waals surface area (Å²) in [7, 11) is 0. The molecular weight excluding hydrogens is 114 g/mol.